The normalized spacial score (nSPS) is 8.29. The van der Waals surface area contributed by atoms with E-state index in [1.165, 1.54) is 12.1 Å². The number of aliphatic carboxylic acids is 1. The number of benzene rings is 1. The number of aryl methyl sites for hydroxylation is 1. The Bertz CT molecular complexity index is 272. The van der Waals surface area contributed by atoms with Crippen LogP contribution in [0.15, 0.2) is 24.3 Å². The van der Waals surface area contributed by atoms with Crippen LogP contribution in [0.4, 0.5) is 0 Å². The molecule has 0 bridgehead atoms. The van der Waals surface area contributed by atoms with Crippen molar-refractivity contribution < 1.29 is 118 Å². The van der Waals surface area contributed by atoms with Gasteiger partial charge < -0.3 is 15.0 Å². The van der Waals surface area contributed by atoms with E-state index in [1.807, 2.05) is 0 Å². The molecule has 1 aromatic carbocycles. The van der Waals surface area contributed by atoms with E-state index in [4.69, 9.17) is 0 Å². The molecular formula is C9H8K2O3. The van der Waals surface area contributed by atoms with Crippen LogP contribution >= 0.6 is 0 Å². The van der Waals surface area contributed by atoms with Gasteiger partial charge in [0.2, 0.25) is 0 Å². The molecule has 0 N–H and O–H groups in total. The van der Waals surface area contributed by atoms with E-state index in [9.17, 15) is 15.0 Å². The van der Waals surface area contributed by atoms with Crippen LogP contribution in [0.1, 0.15) is 12.0 Å². The monoisotopic (exact) mass is 242 g/mol. The van der Waals surface area contributed by atoms with Gasteiger partial charge in [-0.15, -0.1) is 5.75 Å². The first-order valence-electron chi connectivity index (χ1n) is 3.64. The van der Waals surface area contributed by atoms with Crippen LogP contribution in [0.5, 0.6) is 5.75 Å². The van der Waals surface area contributed by atoms with E-state index in [0.29, 0.717) is 6.42 Å². The van der Waals surface area contributed by atoms with Gasteiger partial charge in [-0.25, -0.2) is 0 Å². The molecule has 1 aromatic rings. The fourth-order valence-corrected chi connectivity index (χ4v) is 0.903. The van der Waals surface area contributed by atoms with Crippen molar-refractivity contribution in [2.24, 2.45) is 0 Å². The fourth-order valence-electron chi connectivity index (χ4n) is 0.903. The van der Waals surface area contributed by atoms with E-state index in [0.717, 1.165) is 5.56 Å². The summed E-state index contributed by atoms with van der Waals surface area (Å²) < 4.78 is 0. The minimum atomic E-state index is -1.07. The predicted molar refractivity (Wildman–Crippen MR) is 39.2 cm³/mol. The average molecular weight is 242 g/mol. The maximum atomic E-state index is 10.6. The van der Waals surface area contributed by atoms with Crippen LogP contribution in [0.2, 0.25) is 0 Å². The number of carbonyl (C=O) groups excluding carboxylic acids is 1. The summed E-state index contributed by atoms with van der Waals surface area (Å²) >= 11 is 0. The summed E-state index contributed by atoms with van der Waals surface area (Å²) in [5.74, 6) is -1.13. The summed E-state index contributed by atoms with van der Waals surface area (Å²) in [5, 5.41) is 20.7. The number of hydrogen-bond donors (Lipinski definition) is 0. The van der Waals surface area contributed by atoms with Crippen LogP contribution in [-0.4, -0.2) is 5.97 Å². The summed E-state index contributed by atoms with van der Waals surface area (Å²) in [6, 6.07) is 6.10. The van der Waals surface area contributed by atoms with Crippen LogP contribution in [0.3, 0.4) is 0 Å². The van der Waals surface area contributed by atoms with Gasteiger partial charge in [0.15, 0.2) is 0 Å². The SMILES string of the molecule is O=C([O-])CCc1ccc([O-])cc1.[K+].[K+]. The zero-order valence-electron chi connectivity index (χ0n) is 8.45. The molecule has 0 aliphatic heterocycles. The Morgan fingerprint density at radius 3 is 2.07 bits per heavy atom. The van der Waals surface area contributed by atoms with Crippen molar-refractivity contribution in [3.63, 3.8) is 0 Å². The second-order valence-electron chi connectivity index (χ2n) is 2.52. The Labute approximate surface area is 168 Å². The van der Waals surface area contributed by atoms with E-state index in [1.54, 1.807) is 12.1 Å². The molecule has 0 aromatic heterocycles. The molecule has 0 fully saturated rings. The molecule has 0 saturated carbocycles. The largest absolute Gasteiger partial charge is 1.00 e. The van der Waals surface area contributed by atoms with Gasteiger partial charge in [0.25, 0.3) is 0 Å². The Morgan fingerprint density at radius 1 is 1.14 bits per heavy atom. The Balaban J connectivity index is 0. The molecule has 0 atom stereocenters. The van der Waals surface area contributed by atoms with Crippen LogP contribution < -0.4 is 113 Å². The summed E-state index contributed by atoms with van der Waals surface area (Å²) in [6.45, 7) is 0. The predicted octanol–water partition coefficient (Wildman–Crippen LogP) is -6.55. The minimum Gasteiger partial charge on any atom is -0.872 e. The van der Waals surface area contributed by atoms with Gasteiger partial charge in [-0.3, -0.25) is 0 Å². The molecule has 0 aliphatic carbocycles. The number of carboxylic acids is 1. The Morgan fingerprint density at radius 2 is 1.64 bits per heavy atom. The second kappa shape index (κ2) is 9.95. The zero-order chi connectivity index (χ0) is 8.97. The molecule has 1 rings (SSSR count). The van der Waals surface area contributed by atoms with Gasteiger partial charge in [0.1, 0.15) is 0 Å². The first-order chi connectivity index (χ1) is 5.68. The van der Waals surface area contributed by atoms with Crippen molar-refractivity contribution in [2.75, 3.05) is 0 Å². The van der Waals surface area contributed by atoms with E-state index in [-0.39, 0.29) is 115 Å². The maximum Gasteiger partial charge on any atom is 1.00 e. The molecule has 0 aliphatic rings. The number of carbonyl (C=O) groups is 1. The summed E-state index contributed by atoms with van der Waals surface area (Å²) in [5.41, 5.74) is 0.846. The molecule has 5 heteroatoms. The number of rotatable bonds is 3. The Hall–Kier alpha value is 1.76. The molecule has 0 heterocycles. The van der Waals surface area contributed by atoms with Crippen LogP contribution in [0.25, 0.3) is 0 Å². The second-order valence-corrected chi connectivity index (χ2v) is 2.52. The van der Waals surface area contributed by atoms with E-state index in [2.05, 4.69) is 0 Å². The molecule has 0 spiro atoms. The summed E-state index contributed by atoms with van der Waals surface area (Å²) in [6.07, 6.45) is 0.417. The summed E-state index contributed by atoms with van der Waals surface area (Å²) in [4.78, 5) is 10.1. The summed E-state index contributed by atoms with van der Waals surface area (Å²) in [7, 11) is 0. The molecule has 64 valence electrons. The van der Waals surface area contributed by atoms with Gasteiger partial charge in [0, 0.05) is 5.97 Å². The molecule has 3 nitrogen and oxygen atoms in total. The van der Waals surface area contributed by atoms with E-state index < -0.39 is 5.97 Å². The van der Waals surface area contributed by atoms with Gasteiger partial charge >= 0.3 is 103 Å². The third-order valence-corrected chi connectivity index (χ3v) is 1.54. The topological polar surface area (TPSA) is 63.2 Å². The van der Waals surface area contributed by atoms with Crippen molar-refractivity contribution in [1.29, 1.82) is 0 Å². The van der Waals surface area contributed by atoms with Crippen molar-refractivity contribution in [3.8, 4) is 5.75 Å². The zero-order valence-corrected chi connectivity index (χ0v) is 14.7. The van der Waals surface area contributed by atoms with Gasteiger partial charge in [-0.05, 0) is 18.4 Å². The van der Waals surface area contributed by atoms with Crippen molar-refractivity contribution in [3.05, 3.63) is 29.8 Å². The van der Waals surface area contributed by atoms with Crippen LogP contribution in [0, 0.1) is 0 Å². The first kappa shape index (κ1) is 18.1. The fraction of sp³-hybridized carbons (Fsp3) is 0.222. The molecular weight excluding hydrogens is 234 g/mol. The number of carboxylic acid groups (broad SMARTS) is 1. The molecule has 0 unspecified atom stereocenters. The standard InChI is InChI=1S/C9H10O3.2K/c10-8-4-1-7(2-5-8)3-6-9(11)12;;/h1-2,4-5,10H,3,6H2,(H,11,12);;/q;2*+1/p-2. The average Bonchev–Trinajstić information content (AvgIpc) is 2.03. The van der Waals surface area contributed by atoms with Gasteiger partial charge in [-0.1, -0.05) is 24.3 Å². The minimum absolute atomic E-state index is 0. The maximum absolute atomic E-state index is 10.6. The Kier molecular flexibility index (Phi) is 12.9. The van der Waals surface area contributed by atoms with Crippen LogP contribution in [-0.2, 0) is 11.2 Å². The smallest absolute Gasteiger partial charge is 0.872 e. The number of hydrogen-bond acceptors (Lipinski definition) is 3. The van der Waals surface area contributed by atoms with E-state index >= 15 is 0 Å². The molecule has 14 heavy (non-hydrogen) atoms. The molecule has 0 radical (unpaired) electrons. The van der Waals surface area contributed by atoms with Gasteiger partial charge in [0.05, 0.1) is 0 Å². The van der Waals surface area contributed by atoms with Crippen molar-refractivity contribution in [1.82, 2.24) is 0 Å². The third-order valence-electron chi connectivity index (χ3n) is 1.54. The van der Waals surface area contributed by atoms with Gasteiger partial charge in [-0.2, -0.15) is 0 Å². The van der Waals surface area contributed by atoms with Crippen molar-refractivity contribution >= 4 is 5.97 Å². The molecule has 0 saturated heterocycles. The molecule has 0 amide bonds. The van der Waals surface area contributed by atoms with Crippen molar-refractivity contribution in [2.45, 2.75) is 12.8 Å². The quantitative estimate of drug-likeness (QED) is 0.495. The first-order valence-corrected chi connectivity index (χ1v) is 3.64. The third kappa shape index (κ3) is 7.98.